The molecular formula is C9H15NO5S. The molecule has 1 unspecified atom stereocenters. The fourth-order valence-electron chi connectivity index (χ4n) is 1.60. The molecule has 1 aliphatic heterocycles. The van der Waals surface area contributed by atoms with Crippen LogP contribution in [0.2, 0.25) is 0 Å². The number of amides is 1. The van der Waals surface area contributed by atoms with Crippen LogP contribution in [0.3, 0.4) is 0 Å². The van der Waals surface area contributed by atoms with Gasteiger partial charge in [0.05, 0.1) is 18.6 Å². The SMILES string of the molecule is COC(=O)CC(=O)N(C)C1CCS(=O)(=O)C1. The number of nitrogens with zero attached hydrogens (tertiary/aromatic N) is 1. The molecule has 0 aromatic heterocycles. The van der Waals surface area contributed by atoms with Crippen LogP contribution in [0.1, 0.15) is 12.8 Å². The summed E-state index contributed by atoms with van der Waals surface area (Å²) >= 11 is 0. The lowest BCUT2D eigenvalue weighted by atomic mass is 10.2. The van der Waals surface area contributed by atoms with E-state index in [2.05, 4.69) is 4.74 Å². The van der Waals surface area contributed by atoms with E-state index in [0.29, 0.717) is 6.42 Å². The average Bonchev–Trinajstić information content (AvgIpc) is 2.57. The summed E-state index contributed by atoms with van der Waals surface area (Å²) in [4.78, 5) is 23.7. The van der Waals surface area contributed by atoms with Gasteiger partial charge in [0.1, 0.15) is 6.42 Å². The third-order valence-corrected chi connectivity index (χ3v) is 4.42. The Morgan fingerprint density at radius 1 is 1.44 bits per heavy atom. The molecule has 1 saturated heterocycles. The average molecular weight is 249 g/mol. The number of rotatable bonds is 3. The molecule has 1 fully saturated rings. The fraction of sp³-hybridized carbons (Fsp3) is 0.778. The predicted octanol–water partition coefficient (Wildman–Crippen LogP) is -0.805. The Balaban J connectivity index is 2.55. The molecule has 0 aromatic rings. The topological polar surface area (TPSA) is 80.8 Å². The zero-order chi connectivity index (χ0) is 12.3. The molecule has 1 aliphatic rings. The van der Waals surface area contributed by atoms with Crippen molar-refractivity contribution >= 4 is 21.7 Å². The lowest BCUT2D eigenvalue weighted by molar-refractivity contribution is -0.146. The van der Waals surface area contributed by atoms with E-state index in [1.54, 1.807) is 0 Å². The minimum absolute atomic E-state index is 0.0174. The maximum Gasteiger partial charge on any atom is 0.315 e. The molecule has 1 rings (SSSR count). The number of carbonyl (C=O) groups excluding carboxylic acids is 2. The monoisotopic (exact) mass is 249 g/mol. The molecule has 0 saturated carbocycles. The second kappa shape index (κ2) is 4.82. The number of hydrogen-bond acceptors (Lipinski definition) is 5. The van der Waals surface area contributed by atoms with Crippen LogP contribution < -0.4 is 0 Å². The Bertz CT molecular complexity index is 389. The Morgan fingerprint density at radius 3 is 2.50 bits per heavy atom. The van der Waals surface area contributed by atoms with E-state index in [0.717, 1.165) is 0 Å². The van der Waals surface area contributed by atoms with Crippen LogP contribution >= 0.6 is 0 Å². The zero-order valence-electron chi connectivity index (χ0n) is 9.30. The van der Waals surface area contributed by atoms with Gasteiger partial charge in [0.15, 0.2) is 9.84 Å². The van der Waals surface area contributed by atoms with Crippen LogP contribution in [-0.4, -0.2) is 56.9 Å². The van der Waals surface area contributed by atoms with E-state index < -0.39 is 21.7 Å². The molecule has 0 spiro atoms. The highest BCUT2D eigenvalue weighted by Crippen LogP contribution is 2.17. The summed E-state index contributed by atoms with van der Waals surface area (Å²) in [6.45, 7) is 0. The van der Waals surface area contributed by atoms with Crippen molar-refractivity contribution in [1.82, 2.24) is 4.90 Å². The van der Waals surface area contributed by atoms with Crippen molar-refractivity contribution < 1.29 is 22.7 Å². The summed E-state index contributed by atoms with van der Waals surface area (Å²) in [5.41, 5.74) is 0. The van der Waals surface area contributed by atoms with E-state index >= 15 is 0 Å². The molecular weight excluding hydrogens is 234 g/mol. The molecule has 1 atom stereocenters. The van der Waals surface area contributed by atoms with Crippen LogP contribution in [0.4, 0.5) is 0 Å². The summed E-state index contributed by atoms with van der Waals surface area (Å²) < 4.78 is 26.8. The van der Waals surface area contributed by atoms with Crippen molar-refractivity contribution in [3.63, 3.8) is 0 Å². The lowest BCUT2D eigenvalue weighted by Gasteiger charge is -2.22. The first-order chi connectivity index (χ1) is 7.35. The van der Waals surface area contributed by atoms with Gasteiger partial charge in [0, 0.05) is 13.1 Å². The van der Waals surface area contributed by atoms with E-state index in [1.807, 2.05) is 0 Å². The van der Waals surface area contributed by atoms with E-state index in [9.17, 15) is 18.0 Å². The Morgan fingerprint density at radius 2 is 2.06 bits per heavy atom. The molecule has 0 radical (unpaired) electrons. The van der Waals surface area contributed by atoms with Crippen molar-refractivity contribution in [2.24, 2.45) is 0 Å². The smallest absolute Gasteiger partial charge is 0.315 e. The van der Waals surface area contributed by atoms with Gasteiger partial charge in [-0.05, 0) is 6.42 Å². The maximum atomic E-state index is 11.5. The number of carbonyl (C=O) groups is 2. The third kappa shape index (κ3) is 3.19. The zero-order valence-corrected chi connectivity index (χ0v) is 10.1. The lowest BCUT2D eigenvalue weighted by Crippen LogP contribution is -2.38. The summed E-state index contributed by atoms with van der Waals surface area (Å²) in [5.74, 6) is -0.934. The van der Waals surface area contributed by atoms with Gasteiger partial charge in [-0.2, -0.15) is 0 Å². The van der Waals surface area contributed by atoms with Crippen LogP contribution in [0, 0.1) is 0 Å². The van der Waals surface area contributed by atoms with Crippen molar-refractivity contribution in [3.05, 3.63) is 0 Å². The first-order valence-electron chi connectivity index (χ1n) is 4.88. The van der Waals surface area contributed by atoms with Crippen molar-refractivity contribution in [2.75, 3.05) is 25.7 Å². The summed E-state index contributed by atoms with van der Waals surface area (Å²) in [7, 11) is -0.303. The molecule has 0 N–H and O–H groups in total. The highest BCUT2D eigenvalue weighted by atomic mass is 32.2. The minimum atomic E-state index is -3.02. The molecule has 7 heteroatoms. The van der Waals surface area contributed by atoms with Gasteiger partial charge in [0.25, 0.3) is 0 Å². The van der Waals surface area contributed by atoms with E-state index in [4.69, 9.17) is 0 Å². The maximum absolute atomic E-state index is 11.5. The standard InChI is InChI=1S/C9H15NO5S/c1-10(8(11)5-9(12)15-2)7-3-4-16(13,14)6-7/h7H,3-6H2,1-2H3. The van der Waals surface area contributed by atoms with Crippen LogP contribution in [-0.2, 0) is 24.2 Å². The number of ether oxygens (including phenoxy) is 1. The molecule has 92 valence electrons. The second-order valence-electron chi connectivity index (χ2n) is 3.81. The molecule has 0 aromatic carbocycles. The van der Waals surface area contributed by atoms with Gasteiger partial charge in [-0.25, -0.2) is 8.42 Å². The molecule has 6 nitrogen and oxygen atoms in total. The van der Waals surface area contributed by atoms with Gasteiger partial charge < -0.3 is 9.64 Å². The molecule has 1 amide bonds. The number of esters is 1. The van der Waals surface area contributed by atoms with Crippen molar-refractivity contribution in [3.8, 4) is 0 Å². The van der Waals surface area contributed by atoms with E-state index in [1.165, 1.54) is 19.1 Å². The largest absolute Gasteiger partial charge is 0.469 e. The number of sulfone groups is 1. The first kappa shape index (κ1) is 13.0. The first-order valence-corrected chi connectivity index (χ1v) is 6.71. The second-order valence-corrected chi connectivity index (χ2v) is 6.04. The Labute approximate surface area is 94.5 Å². The van der Waals surface area contributed by atoms with Crippen LogP contribution in [0.5, 0.6) is 0 Å². The summed E-state index contributed by atoms with van der Waals surface area (Å²) in [6.07, 6.45) is 0.0926. The van der Waals surface area contributed by atoms with Gasteiger partial charge >= 0.3 is 5.97 Å². The highest BCUT2D eigenvalue weighted by Gasteiger charge is 2.33. The molecule has 0 bridgehead atoms. The van der Waals surface area contributed by atoms with Gasteiger partial charge in [0.2, 0.25) is 5.91 Å². The quantitative estimate of drug-likeness (QED) is 0.483. The van der Waals surface area contributed by atoms with Crippen molar-refractivity contribution in [1.29, 1.82) is 0 Å². The summed E-state index contributed by atoms with van der Waals surface area (Å²) in [6, 6.07) is -0.317. The van der Waals surface area contributed by atoms with Gasteiger partial charge in [-0.3, -0.25) is 9.59 Å². The predicted molar refractivity (Wildman–Crippen MR) is 56.5 cm³/mol. The number of methoxy groups -OCH3 is 1. The van der Waals surface area contributed by atoms with Crippen molar-refractivity contribution in [2.45, 2.75) is 18.9 Å². The van der Waals surface area contributed by atoms with Gasteiger partial charge in [-0.1, -0.05) is 0 Å². The van der Waals surface area contributed by atoms with Crippen LogP contribution in [0.15, 0.2) is 0 Å². The number of hydrogen-bond donors (Lipinski definition) is 0. The minimum Gasteiger partial charge on any atom is -0.469 e. The molecule has 0 aliphatic carbocycles. The van der Waals surface area contributed by atoms with Gasteiger partial charge in [-0.15, -0.1) is 0 Å². The third-order valence-electron chi connectivity index (χ3n) is 2.67. The van der Waals surface area contributed by atoms with Crippen LogP contribution in [0.25, 0.3) is 0 Å². The Kier molecular flexibility index (Phi) is 3.90. The summed E-state index contributed by atoms with van der Waals surface area (Å²) in [5, 5.41) is 0. The Hall–Kier alpha value is -1.11. The highest BCUT2D eigenvalue weighted by molar-refractivity contribution is 7.91. The fourth-order valence-corrected chi connectivity index (χ4v) is 3.38. The molecule has 1 heterocycles. The van der Waals surface area contributed by atoms with E-state index in [-0.39, 0.29) is 24.0 Å². The molecule has 16 heavy (non-hydrogen) atoms. The normalized spacial score (nSPS) is 22.8.